The van der Waals surface area contributed by atoms with E-state index in [1.807, 2.05) is 39.8 Å². The molecule has 2 amide bonds. The minimum absolute atomic E-state index is 0.0774. The fraction of sp³-hybridized carbons (Fsp3) is 0.517. The summed E-state index contributed by atoms with van der Waals surface area (Å²) in [5.74, 6) is 1.61. The molecule has 1 N–H and O–H groups in total. The van der Waals surface area contributed by atoms with Crippen molar-refractivity contribution in [1.29, 1.82) is 0 Å². The van der Waals surface area contributed by atoms with E-state index in [1.165, 1.54) is 11.1 Å². The van der Waals surface area contributed by atoms with Crippen molar-refractivity contribution in [2.24, 2.45) is 5.92 Å². The van der Waals surface area contributed by atoms with Gasteiger partial charge in [-0.05, 0) is 95.0 Å². The molecular formula is C29H41N3O3. The van der Waals surface area contributed by atoms with Crippen LogP contribution in [0.5, 0.6) is 5.75 Å². The molecule has 0 aliphatic carbocycles. The Labute approximate surface area is 210 Å². The van der Waals surface area contributed by atoms with Crippen LogP contribution in [-0.4, -0.2) is 43.9 Å². The van der Waals surface area contributed by atoms with Gasteiger partial charge in [0.25, 0.3) is 0 Å². The molecule has 2 aromatic rings. The summed E-state index contributed by atoms with van der Waals surface area (Å²) in [6.45, 7) is 10.4. The molecule has 6 nitrogen and oxygen atoms in total. The number of aryl methyl sites for hydroxylation is 1. The summed E-state index contributed by atoms with van der Waals surface area (Å²) in [6.07, 6.45) is 9.39. The Morgan fingerprint density at radius 2 is 1.97 bits per heavy atom. The molecule has 1 aliphatic rings. The highest BCUT2D eigenvalue weighted by Gasteiger charge is 2.16. The van der Waals surface area contributed by atoms with Gasteiger partial charge in [0, 0.05) is 32.0 Å². The van der Waals surface area contributed by atoms with E-state index >= 15 is 0 Å². The number of urea groups is 1. The van der Waals surface area contributed by atoms with Gasteiger partial charge in [-0.15, -0.1) is 0 Å². The number of pyridine rings is 1. The summed E-state index contributed by atoms with van der Waals surface area (Å²) in [5.41, 5.74) is 5.44. The van der Waals surface area contributed by atoms with Gasteiger partial charge in [0.1, 0.15) is 5.75 Å². The molecule has 6 heteroatoms. The van der Waals surface area contributed by atoms with Gasteiger partial charge < -0.3 is 14.8 Å². The molecule has 0 bridgehead atoms. The number of rotatable bonds is 10. The number of hydrogen-bond acceptors (Lipinski definition) is 4. The second-order valence-corrected chi connectivity index (χ2v) is 9.68. The second-order valence-electron chi connectivity index (χ2n) is 9.68. The maximum absolute atomic E-state index is 12.5. The Morgan fingerprint density at radius 1 is 1.26 bits per heavy atom. The van der Waals surface area contributed by atoms with Gasteiger partial charge in [-0.25, -0.2) is 4.79 Å². The van der Waals surface area contributed by atoms with Crippen molar-refractivity contribution < 1.29 is 14.3 Å². The Hall–Kier alpha value is -2.86. The lowest BCUT2D eigenvalue weighted by Crippen LogP contribution is -2.40. The molecule has 1 saturated heterocycles. The first-order chi connectivity index (χ1) is 16.9. The van der Waals surface area contributed by atoms with E-state index in [-0.39, 0.29) is 12.1 Å². The highest BCUT2D eigenvalue weighted by atomic mass is 16.5. The summed E-state index contributed by atoms with van der Waals surface area (Å²) in [4.78, 5) is 18.7. The maximum Gasteiger partial charge on any atom is 0.321 e. The third kappa shape index (κ3) is 8.39. The number of benzene rings is 1. The normalized spacial score (nSPS) is 14.7. The predicted molar refractivity (Wildman–Crippen MR) is 143 cm³/mol. The van der Waals surface area contributed by atoms with E-state index in [1.54, 1.807) is 18.1 Å². The van der Waals surface area contributed by atoms with Crippen LogP contribution in [0.3, 0.4) is 0 Å². The van der Waals surface area contributed by atoms with Gasteiger partial charge in [-0.3, -0.25) is 9.88 Å². The van der Waals surface area contributed by atoms with Gasteiger partial charge in [0.05, 0.1) is 18.5 Å². The van der Waals surface area contributed by atoms with Gasteiger partial charge in [0.15, 0.2) is 0 Å². The van der Waals surface area contributed by atoms with Crippen molar-refractivity contribution in [1.82, 2.24) is 10.3 Å². The van der Waals surface area contributed by atoms with Crippen molar-refractivity contribution in [3.63, 3.8) is 0 Å². The monoisotopic (exact) mass is 479 g/mol. The van der Waals surface area contributed by atoms with Gasteiger partial charge in [0.2, 0.25) is 0 Å². The molecule has 1 aromatic heterocycles. The summed E-state index contributed by atoms with van der Waals surface area (Å²) in [6, 6.07) is 10.4. The first-order valence-electron chi connectivity index (χ1n) is 12.9. The lowest BCUT2D eigenvalue weighted by atomic mass is 9.90. The number of carbonyl (C=O) groups is 1. The fourth-order valence-corrected chi connectivity index (χ4v) is 4.32. The standard InChI is InChI=1S/C29H41N3O3/c1-6-35-28-11-9-24(10-12-28)17-25(8-7-23-13-15-34-16-14-23)18-26-19-27(20-30-22(26)4)32(5)29(33)31-21(2)3/h9-12,18-21,23H,6-8,13-17H2,1-5H3,(H,31,33)/b25-18+. The van der Waals surface area contributed by atoms with Crippen molar-refractivity contribution >= 4 is 17.8 Å². The number of nitrogens with zero attached hydrogens (tertiary/aromatic N) is 2. The number of anilines is 1. The quantitative estimate of drug-likeness (QED) is 0.442. The minimum Gasteiger partial charge on any atom is -0.494 e. The largest absolute Gasteiger partial charge is 0.494 e. The van der Waals surface area contributed by atoms with Crippen LogP contribution in [0.4, 0.5) is 10.5 Å². The summed E-state index contributed by atoms with van der Waals surface area (Å²) in [5, 5.41) is 2.94. The van der Waals surface area contributed by atoms with Gasteiger partial charge in [-0.1, -0.05) is 23.8 Å². The van der Waals surface area contributed by atoms with Crippen LogP contribution in [0.15, 0.2) is 42.1 Å². The van der Waals surface area contributed by atoms with Crippen LogP contribution < -0.4 is 15.0 Å². The summed E-state index contributed by atoms with van der Waals surface area (Å²) in [7, 11) is 1.78. The first-order valence-corrected chi connectivity index (χ1v) is 12.9. The molecule has 1 fully saturated rings. The lowest BCUT2D eigenvalue weighted by molar-refractivity contribution is 0.0640. The zero-order valence-corrected chi connectivity index (χ0v) is 22.0. The molecule has 190 valence electrons. The molecular weight excluding hydrogens is 438 g/mol. The Morgan fingerprint density at radius 3 is 2.63 bits per heavy atom. The van der Waals surface area contributed by atoms with Gasteiger partial charge in [-0.2, -0.15) is 0 Å². The van der Waals surface area contributed by atoms with Crippen molar-refractivity contribution in [2.75, 3.05) is 31.8 Å². The zero-order chi connectivity index (χ0) is 25.2. The molecule has 0 radical (unpaired) electrons. The summed E-state index contributed by atoms with van der Waals surface area (Å²) >= 11 is 0. The van der Waals surface area contributed by atoms with E-state index in [2.05, 4.69) is 34.6 Å². The Balaban J connectivity index is 1.83. The molecule has 1 aromatic carbocycles. The number of nitrogens with one attached hydrogen (secondary N) is 1. The number of amides is 2. The van der Waals surface area contributed by atoms with Gasteiger partial charge >= 0.3 is 6.03 Å². The van der Waals surface area contributed by atoms with E-state index in [0.29, 0.717) is 12.5 Å². The number of allylic oxidation sites excluding steroid dienone is 1. The average Bonchev–Trinajstić information content (AvgIpc) is 2.85. The maximum atomic E-state index is 12.5. The fourth-order valence-electron chi connectivity index (χ4n) is 4.32. The molecule has 3 rings (SSSR count). The smallest absolute Gasteiger partial charge is 0.321 e. The molecule has 0 saturated carbocycles. The number of hydrogen-bond donors (Lipinski definition) is 1. The number of ether oxygens (including phenoxy) is 2. The third-order valence-electron chi connectivity index (χ3n) is 6.46. The van der Waals surface area contributed by atoms with Crippen molar-refractivity contribution in [3.05, 3.63) is 58.9 Å². The van der Waals surface area contributed by atoms with E-state index in [0.717, 1.165) is 68.0 Å². The predicted octanol–water partition coefficient (Wildman–Crippen LogP) is 6.18. The SMILES string of the molecule is CCOc1ccc(C/C(=C/c2cc(N(C)C(=O)NC(C)C)cnc2C)CCC2CCOCC2)cc1. The number of aromatic nitrogens is 1. The van der Waals surface area contributed by atoms with E-state index in [4.69, 9.17) is 9.47 Å². The molecule has 2 heterocycles. The lowest BCUT2D eigenvalue weighted by Gasteiger charge is -2.23. The Bertz CT molecular complexity index is 979. The van der Waals surface area contributed by atoms with Crippen LogP contribution in [0, 0.1) is 12.8 Å². The van der Waals surface area contributed by atoms with Crippen LogP contribution in [0.1, 0.15) is 63.3 Å². The van der Waals surface area contributed by atoms with Crippen LogP contribution >= 0.6 is 0 Å². The molecule has 0 atom stereocenters. The van der Waals surface area contributed by atoms with E-state index in [9.17, 15) is 4.79 Å². The molecule has 35 heavy (non-hydrogen) atoms. The van der Waals surface area contributed by atoms with Crippen molar-refractivity contribution in [2.45, 2.75) is 65.8 Å². The van der Waals surface area contributed by atoms with Crippen molar-refractivity contribution in [3.8, 4) is 5.75 Å². The average molecular weight is 480 g/mol. The summed E-state index contributed by atoms with van der Waals surface area (Å²) < 4.78 is 11.2. The second kappa shape index (κ2) is 13.3. The highest BCUT2D eigenvalue weighted by molar-refractivity contribution is 5.91. The molecule has 1 aliphatic heterocycles. The third-order valence-corrected chi connectivity index (χ3v) is 6.46. The highest BCUT2D eigenvalue weighted by Crippen LogP contribution is 2.27. The Kier molecular flexibility index (Phi) is 10.2. The zero-order valence-electron chi connectivity index (χ0n) is 22.0. The minimum atomic E-state index is -0.130. The molecule has 0 spiro atoms. The van der Waals surface area contributed by atoms with E-state index < -0.39 is 0 Å². The topological polar surface area (TPSA) is 63.7 Å². The van der Waals surface area contributed by atoms with Crippen LogP contribution in [-0.2, 0) is 11.2 Å². The van der Waals surface area contributed by atoms with Crippen LogP contribution in [0.25, 0.3) is 6.08 Å². The number of carbonyl (C=O) groups excluding carboxylic acids is 1. The van der Waals surface area contributed by atoms with Crippen LogP contribution in [0.2, 0.25) is 0 Å². The first kappa shape index (κ1) is 26.7. The molecule has 0 unspecified atom stereocenters.